The molecule has 1 unspecified atom stereocenters. The van der Waals surface area contributed by atoms with Crippen molar-refractivity contribution in [2.24, 2.45) is 11.3 Å². The van der Waals surface area contributed by atoms with E-state index in [1.165, 1.54) is 24.8 Å². The zero-order valence-corrected chi connectivity index (χ0v) is 16.9. The molecule has 1 amide bonds. The molecular weight excluding hydrogens is 369 g/mol. The quantitative estimate of drug-likeness (QED) is 0.817. The molecule has 0 radical (unpaired) electrons. The summed E-state index contributed by atoms with van der Waals surface area (Å²) in [6, 6.07) is 10.9. The molecule has 0 aromatic heterocycles. The third kappa shape index (κ3) is 4.36. The number of fused-ring (bicyclic) bond motifs is 1. The van der Waals surface area contributed by atoms with Crippen molar-refractivity contribution in [3.8, 4) is 0 Å². The first-order valence-corrected chi connectivity index (χ1v) is 9.54. The van der Waals surface area contributed by atoms with Crippen LogP contribution in [0.4, 0.5) is 0 Å². The molecule has 2 heterocycles. The van der Waals surface area contributed by atoms with Gasteiger partial charge in [0, 0.05) is 32.2 Å². The molecule has 4 rings (SSSR count). The third-order valence-electron chi connectivity index (χ3n) is 6.35. The highest BCUT2D eigenvalue weighted by Crippen LogP contribution is 2.44. The lowest BCUT2D eigenvalue weighted by Crippen LogP contribution is -2.51. The van der Waals surface area contributed by atoms with Crippen LogP contribution in [0.5, 0.6) is 0 Å². The highest BCUT2D eigenvalue weighted by atomic mass is 35.5. The van der Waals surface area contributed by atoms with Gasteiger partial charge in [0.1, 0.15) is 0 Å². The minimum Gasteiger partial charge on any atom is -0.351 e. The highest BCUT2D eigenvalue weighted by Gasteiger charge is 2.50. The van der Waals surface area contributed by atoms with E-state index in [4.69, 9.17) is 0 Å². The first kappa shape index (κ1) is 21.5. The lowest BCUT2D eigenvalue weighted by atomic mass is 9.67. The lowest BCUT2D eigenvalue weighted by molar-refractivity contribution is -0.134. The number of carbonyl (C=O) groups is 1. The maximum Gasteiger partial charge on any atom is 0.228 e. The fraction of sp³-hybridized carbons (Fsp3) is 0.650. The van der Waals surface area contributed by atoms with E-state index in [1.807, 2.05) is 0 Å². The van der Waals surface area contributed by atoms with Crippen LogP contribution in [0.1, 0.15) is 37.7 Å². The smallest absolute Gasteiger partial charge is 0.228 e. The van der Waals surface area contributed by atoms with Gasteiger partial charge in [-0.15, -0.1) is 24.8 Å². The van der Waals surface area contributed by atoms with Gasteiger partial charge in [-0.05, 0) is 37.3 Å². The van der Waals surface area contributed by atoms with Crippen molar-refractivity contribution in [1.29, 1.82) is 0 Å². The predicted molar refractivity (Wildman–Crippen MR) is 110 cm³/mol. The molecule has 1 aliphatic carbocycles. The van der Waals surface area contributed by atoms with Gasteiger partial charge in [-0.1, -0.05) is 43.2 Å². The fourth-order valence-electron chi connectivity index (χ4n) is 4.96. The Morgan fingerprint density at radius 3 is 2.81 bits per heavy atom. The Kier molecular flexibility index (Phi) is 7.77. The van der Waals surface area contributed by atoms with Gasteiger partial charge in [-0.3, -0.25) is 9.69 Å². The van der Waals surface area contributed by atoms with E-state index in [1.54, 1.807) is 0 Å². The Bertz CT molecular complexity index is 586. The molecule has 3 aliphatic rings. The van der Waals surface area contributed by atoms with Crippen LogP contribution < -0.4 is 10.6 Å². The van der Waals surface area contributed by atoms with Crippen LogP contribution in [0.25, 0.3) is 0 Å². The average molecular weight is 400 g/mol. The van der Waals surface area contributed by atoms with Crippen molar-refractivity contribution < 1.29 is 4.79 Å². The van der Waals surface area contributed by atoms with Gasteiger partial charge in [0.05, 0.1) is 5.41 Å². The summed E-state index contributed by atoms with van der Waals surface area (Å²) in [6.45, 7) is 4.95. The van der Waals surface area contributed by atoms with Gasteiger partial charge < -0.3 is 10.6 Å². The number of nitrogens with zero attached hydrogens (tertiary/aromatic N) is 1. The van der Waals surface area contributed by atoms with Gasteiger partial charge in [-0.2, -0.15) is 0 Å². The average Bonchev–Trinajstić information content (AvgIpc) is 3.23. The minimum absolute atomic E-state index is 0. The van der Waals surface area contributed by atoms with Crippen LogP contribution in [0.15, 0.2) is 30.3 Å². The monoisotopic (exact) mass is 399 g/mol. The molecule has 6 heteroatoms. The maximum atomic E-state index is 13.1. The van der Waals surface area contributed by atoms with Gasteiger partial charge >= 0.3 is 0 Å². The van der Waals surface area contributed by atoms with Crippen LogP contribution in [0, 0.1) is 11.3 Å². The van der Waals surface area contributed by atoms with E-state index in [0.29, 0.717) is 17.9 Å². The van der Waals surface area contributed by atoms with Crippen LogP contribution in [-0.4, -0.2) is 43.0 Å². The Morgan fingerprint density at radius 2 is 2.00 bits per heavy atom. The summed E-state index contributed by atoms with van der Waals surface area (Å²) in [5.74, 6) is 0.872. The number of hydrogen-bond acceptors (Lipinski definition) is 3. The maximum absolute atomic E-state index is 13.1. The molecule has 26 heavy (non-hydrogen) atoms. The molecule has 0 bridgehead atoms. The van der Waals surface area contributed by atoms with Crippen molar-refractivity contribution in [1.82, 2.24) is 15.5 Å². The molecule has 2 saturated heterocycles. The van der Waals surface area contributed by atoms with Crippen LogP contribution in [-0.2, 0) is 11.3 Å². The van der Waals surface area contributed by atoms with Crippen LogP contribution >= 0.6 is 24.8 Å². The largest absolute Gasteiger partial charge is 0.351 e. The summed E-state index contributed by atoms with van der Waals surface area (Å²) in [5, 5.41) is 6.89. The molecule has 146 valence electrons. The summed E-state index contributed by atoms with van der Waals surface area (Å²) in [7, 11) is 0. The van der Waals surface area contributed by atoms with E-state index in [-0.39, 0.29) is 30.2 Å². The summed E-state index contributed by atoms with van der Waals surface area (Å²) < 4.78 is 0. The molecule has 1 saturated carbocycles. The van der Waals surface area contributed by atoms with Crippen molar-refractivity contribution in [3.63, 3.8) is 0 Å². The van der Waals surface area contributed by atoms with E-state index in [2.05, 4.69) is 45.9 Å². The van der Waals surface area contributed by atoms with Crippen molar-refractivity contribution in [3.05, 3.63) is 35.9 Å². The SMILES string of the molecule is Cl.Cl.O=C(NC1CCN(Cc2ccccc2)C1)[C@@]12CCCC[C@H]1CNC2. The summed E-state index contributed by atoms with van der Waals surface area (Å²) in [6.07, 6.45) is 5.85. The highest BCUT2D eigenvalue weighted by molar-refractivity contribution is 5.85. The Labute approximate surface area is 169 Å². The standard InChI is InChI=1S/C20H29N3O.2ClH/c24-19(20-10-5-4-8-17(20)12-21-15-20)22-18-9-11-23(14-18)13-16-6-2-1-3-7-16;;/h1-3,6-7,17-18,21H,4-5,8-15H2,(H,22,24);2*1H/t17-,18?,20+;;/m0../s1. The predicted octanol–water partition coefficient (Wildman–Crippen LogP) is 3.00. The number of likely N-dealkylation sites (tertiary alicyclic amines) is 1. The number of hydrogen-bond donors (Lipinski definition) is 2. The number of rotatable bonds is 4. The molecule has 3 atom stereocenters. The second-order valence-electron chi connectivity index (χ2n) is 7.91. The zero-order valence-electron chi connectivity index (χ0n) is 15.3. The Balaban J connectivity index is 0.00000121. The van der Waals surface area contributed by atoms with E-state index in [0.717, 1.165) is 45.6 Å². The number of halogens is 2. The van der Waals surface area contributed by atoms with E-state index < -0.39 is 0 Å². The Hall–Kier alpha value is -0.810. The zero-order chi connectivity index (χ0) is 16.4. The lowest BCUT2D eigenvalue weighted by Gasteiger charge is -2.37. The minimum atomic E-state index is -0.120. The Morgan fingerprint density at radius 1 is 1.19 bits per heavy atom. The molecule has 2 aliphatic heterocycles. The second-order valence-corrected chi connectivity index (χ2v) is 7.91. The summed E-state index contributed by atoms with van der Waals surface area (Å²) in [5.41, 5.74) is 1.24. The number of amides is 1. The van der Waals surface area contributed by atoms with Gasteiger partial charge in [0.15, 0.2) is 0 Å². The first-order valence-electron chi connectivity index (χ1n) is 9.54. The van der Waals surface area contributed by atoms with Crippen molar-refractivity contribution >= 4 is 30.7 Å². The topological polar surface area (TPSA) is 44.4 Å². The number of nitrogens with one attached hydrogen (secondary N) is 2. The van der Waals surface area contributed by atoms with E-state index >= 15 is 0 Å². The first-order chi connectivity index (χ1) is 11.8. The molecule has 1 aromatic rings. The normalized spacial score (nSPS) is 30.8. The molecule has 4 nitrogen and oxygen atoms in total. The number of carbonyl (C=O) groups excluding carboxylic acids is 1. The fourth-order valence-corrected chi connectivity index (χ4v) is 4.96. The van der Waals surface area contributed by atoms with Gasteiger partial charge in [0.25, 0.3) is 0 Å². The summed E-state index contributed by atoms with van der Waals surface area (Å²) >= 11 is 0. The van der Waals surface area contributed by atoms with Crippen molar-refractivity contribution in [2.75, 3.05) is 26.2 Å². The van der Waals surface area contributed by atoms with Crippen LogP contribution in [0.3, 0.4) is 0 Å². The molecule has 1 aromatic carbocycles. The molecule has 0 spiro atoms. The summed E-state index contributed by atoms with van der Waals surface area (Å²) in [4.78, 5) is 15.5. The number of benzene rings is 1. The molecule has 3 fully saturated rings. The molecule has 2 N–H and O–H groups in total. The molecular formula is C20H31Cl2N3O. The van der Waals surface area contributed by atoms with Crippen molar-refractivity contribution in [2.45, 2.75) is 44.7 Å². The third-order valence-corrected chi connectivity index (χ3v) is 6.35. The van der Waals surface area contributed by atoms with Gasteiger partial charge in [-0.25, -0.2) is 0 Å². The van der Waals surface area contributed by atoms with Crippen LogP contribution in [0.2, 0.25) is 0 Å². The second kappa shape index (κ2) is 9.41. The van der Waals surface area contributed by atoms with Gasteiger partial charge in [0.2, 0.25) is 5.91 Å². The van der Waals surface area contributed by atoms with E-state index in [9.17, 15) is 4.79 Å².